The summed E-state index contributed by atoms with van der Waals surface area (Å²) in [6.45, 7) is 1.40. The molecule has 1 unspecified atom stereocenters. The van der Waals surface area contributed by atoms with E-state index in [0.717, 1.165) is 25.0 Å². The second kappa shape index (κ2) is 9.06. The summed E-state index contributed by atoms with van der Waals surface area (Å²) >= 11 is 0. The number of para-hydroxylation sites is 1. The maximum absolute atomic E-state index is 12.7. The predicted molar refractivity (Wildman–Crippen MR) is 107 cm³/mol. The Morgan fingerprint density at radius 2 is 1.89 bits per heavy atom. The molecule has 1 atom stereocenters. The number of rotatable bonds is 10. The Morgan fingerprint density at radius 1 is 1.11 bits per heavy atom. The van der Waals surface area contributed by atoms with Crippen molar-refractivity contribution in [2.75, 3.05) is 19.7 Å². The van der Waals surface area contributed by atoms with E-state index in [9.17, 15) is 14.7 Å². The van der Waals surface area contributed by atoms with Gasteiger partial charge in [0, 0.05) is 13.1 Å². The maximum atomic E-state index is 12.7. The van der Waals surface area contributed by atoms with Gasteiger partial charge in [-0.1, -0.05) is 42.5 Å². The van der Waals surface area contributed by atoms with Crippen LogP contribution in [0.15, 0.2) is 54.6 Å². The number of hydrogen-bond donors (Lipinski definition) is 3. The summed E-state index contributed by atoms with van der Waals surface area (Å²) in [6.07, 6.45) is 10.6. The van der Waals surface area contributed by atoms with Crippen LogP contribution in [-0.4, -0.2) is 42.2 Å². The van der Waals surface area contributed by atoms with Crippen molar-refractivity contribution in [3.05, 3.63) is 54.6 Å². The molecule has 28 heavy (non-hydrogen) atoms. The number of nitrogens with one attached hydrogen (secondary N) is 2. The molecule has 0 bridgehead atoms. The monoisotopic (exact) mass is 384 g/mol. The van der Waals surface area contributed by atoms with E-state index >= 15 is 0 Å². The lowest BCUT2D eigenvalue weighted by Crippen LogP contribution is -2.62. The van der Waals surface area contributed by atoms with E-state index in [2.05, 4.69) is 10.6 Å². The third-order valence-corrected chi connectivity index (χ3v) is 5.65. The lowest BCUT2D eigenvalue weighted by molar-refractivity contribution is -0.146. The second-order valence-corrected chi connectivity index (χ2v) is 7.48. The molecule has 6 heteroatoms. The third kappa shape index (κ3) is 4.62. The lowest BCUT2D eigenvalue weighted by atomic mass is 9.75. The number of allylic oxidation sites excluding steroid dienone is 3. The van der Waals surface area contributed by atoms with Gasteiger partial charge >= 0.3 is 5.97 Å². The molecule has 6 nitrogen and oxygen atoms in total. The van der Waals surface area contributed by atoms with Crippen molar-refractivity contribution in [1.82, 2.24) is 10.6 Å². The van der Waals surface area contributed by atoms with Crippen LogP contribution in [0.5, 0.6) is 5.75 Å². The average Bonchev–Trinajstić information content (AvgIpc) is 2.68. The van der Waals surface area contributed by atoms with Gasteiger partial charge < -0.3 is 15.2 Å². The van der Waals surface area contributed by atoms with Crippen molar-refractivity contribution < 1.29 is 19.4 Å². The highest BCUT2D eigenvalue weighted by atomic mass is 16.5. The minimum atomic E-state index is -0.925. The molecule has 0 radical (unpaired) electrons. The van der Waals surface area contributed by atoms with Gasteiger partial charge in [-0.3, -0.25) is 14.9 Å². The Bertz CT molecular complexity index is 740. The van der Waals surface area contributed by atoms with Crippen molar-refractivity contribution >= 4 is 11.9 Å². The van der Waals surface area contributed by atoms with Gasteiger partial charge in [0.25, 0.3) is 0 Å². The molecular weight excluding hydrogens is 356 g/mol. The largest absolute Gasteiger partial charge is 0.492 e. The van der Waals surface area contributed by atoms with Crippen molar-refractivity contribution in [1.29, 1.82) is 0 Å². The molecule has 0 saturated heterocycles. The SMILES string of the molecule is O=C(O)C1(CCNC(=O)C2(NCCOc3ccccc3)CCC2)C=CC=CC1. The van der Waals surface area contributed by atoms with Gasteiger partial charge in [0.05, 0.1) is 11.0 Å². The normalized spacial score (nSPS) is 22.3. The zero-order valence-electron chi connectivity index (χ0n) is 16.0. The summed E-state index contributed by atoms with van der Waals surface area (Å²) in [5.74, 6) is -0.0869. The molecule has 1 saturated carbocycles. The number of carboxylic acids is 1. The van der Waals surface area contributed by atoms with Crippen LogP contribution in [0.25, 0.3) is 0 Å². The zero-order valence-corrected chi connectivity index (χ0v) is 16.0. The second-order valence-electron chi connectivity index (χ2n) is 7.48. The van der Waals surface area contributed by atoms with Crippen molar-refractivity contribution in [3.63, 3.8) is 0 Å². The van der Waals surface area contributed by atoms with Crippen LogP contribution in [-0.2, 0) is 9.59 Å². The van der Waals surface area contributed by atoms with Gasteiger partial charge in [0.1, 0.15) is 12.4 Å². The molecule has 1 fully saturated rings. The molecule has 1 aromatic rings. The first-order chi connectivity index (χ1) is 13.6. The molecule has 3 rings (SSSR count). The van der Waals surface area contributed by atoms with Gasteiger partial charge in [-0.15, -0.1) is 0 Å². The summed E-state index contributed by atoms with van der Waals surface area (Å²) in [5.41, 5.74) is -1.48. The fraction of sp³-hybridized carbons (Fsp3) is 0.455. The van der Waals surface area contributed by atoms with Crippen LogP contribution in [0.1, 0.15) is 32.1 Å². The van der Waals surface area contributed by atoms with Crippen molar-refractivity contribution in [3.8, 4) is 5.75 Å². The summed E-state index contributed by atoms with van der Waals surface area (Å²) in [4.78, 5) is 24.4. The number of ether oxygens (including phenoxy) is 1. The number of carboxylic acid groups (broad SMARTS) is 1. The minimum absolute atomic E-state index is 0.0469. The summed E-state index contributed by atoms with van der Waals surface area (Å²) < 4.78 is 5.68. The van der Waals surface area contributed by atoms with Gasteiger partial charge in [-0.05, 0) is 44.2 Å². The van der Waals surface area contributed by atoms with E-state index in [1.165, 1.54) is 0 Å². The molecule has 1 amide bonds. The summed E-state index contributed by atoms with van der Waals surface area (Å²) in [5, 5.41) is 15.9. The Hall–Kier alpha value is -2.60. The molecular formula is C22H28N2O4. The first kappa shape index (κ1) is 20.1. The van der Waals surface area contributed by atoms with E-state index in [-0.39, 0.29) is 5.91 Å². The molecule has 3 N–H and O–H groups in total. The topological polar surface area (TPSA) is 87.7 Å². The van der Waals surface area contributed by atoms with E-state index in [1.807, 2.05) is 42.5 Å². The first-order valence-electron chi connectivity index (χ1n) is 9.85. The Balaban J connectivity index is 1.44. The number of carbonyl (C=O) groups excluding carboxylic acids is 1. The summed E-state index contributed by atoms with van der Waals surface area (Å²) in [6, 6.07) is 9.58. The van der Waals surface area contributed by atoms with Crippen LogP contribution in [0.2, 0.25) is 0 Å². The molecule has 0 heterocycles. The standard InChI is InChI=1S/C22H28N2O4/c25-19(23-15-14-21(20(26)27)10-5-2-6-11-21)22(12-7-13-22)24-16-17-28-18-8-3-1-4-9-18/h1-6,8-10,24H,7,11-17H2,(H,23,25)(H,26,27). The van der Waals surface area contributed by atoms with E-state index in [0.29, 0.717) is 32.5 Å². The summed E-state index contributed by atoms with van der Waals surface area (Å²) in [7, 11) is 0. The highest BCUT2D eigenvalue weighted by Gasteiger charge is 2.44. The van der Waals surface area contributed by atoms with Crippen LogP contribution in [0.4, 0.5) is 0 Å². The van der Waals surface area contributed by atoms with Crippen molar-refractivity contribution in [2.45, 2.75) is 37.6 Å². The number of aliphatic carboxylic acids is 1. The minimum Gasteiger partial charge on any atom is -0.492 e. The molecule has 0 spiro atoms. The molecule has 0 aliphatic heterocycles. The number of amides is 1. The smallest absolute Gasteiger partial charge is 0.313 e. The van der Waals surface area contributed by atoms with Crippen LogP contribution in [0, 0.1) is 5.41 Å². The van der Waals surface area contributed by atoms with Gasteiger partial charge in [0.2, 0.25) is 5.91 Å². The third-order valence-electron chi connectivity index (χ3n) is 5.65. The Kier molecular flexibility index (Phi) is 6.52. The van der Waals surface area contributed by atoms with Crippen LogP contribution >= 0.6 is 0 Å². The van der Waals surface area contributed by atoms with Gasteiger partial charge in [-0.25, -0.2) is 0 Å². The maximum Gasteiger partial charge on any atom is 0.313 e. The van der Waals surface area contributed by atoms with Crippen LogP contribution in [0.3, 0.4) is 0 Å². The molecule has 2 aliphatic rings. The fourth-order valence-electron chi connectivity index (χ4n) is 3.67. The lowest BCUT2D eigenvalue weighted by Gasteiger charge is -2.41. The molecule has 150 valence electrons. The van der Waals surface area contributed by atoms with E-state index < -0.39 is 16.9 Å². The Labute approximate surface area is 165 Å². The predicted octanol–water partition coefficient (Wildman–Crippen LogP) is 2.67. The quantitative estimate of drug-likeness (QED) is 0.540. The van der Waals surface area contributed by atoms with E-state index in [1.54, 1.807) is 12.2 Å². The average molecular weight is 384 g/mol. The molecule has 2 aliphatic carbocycles. The number of carbonyl (C=O) groups is 2. The van der Waals surface area contributed by atoms with E-state index in [4.69, 9.17) is 4.74 Å². The highest BCUT2D eigenvalue weighted by molar-refractivity contribution is 5.87. The number of benzene rings is 1. The Morgan fingerprint density at radius 3 is 2.50 bits per heavy atom. The fourth-order valence-corrected chi connectivity index (χ4v) is 3.67. The molecule has 0 aromatic heterocycles. The van der Waals surface area contributed by atoms with Gasteiger partial charge in [-0.2, -0.15) is 0 Å². The molecule has 1 aromatic carbocycles. The van der Waals surface area contributed by atoms with Gasteiger partial charge in [0.15, 0.2) is 0 Å². The zero-order chi connectivity index (χ0) is 19.9. The van der Waals surface area contributed by atoms with Crippen LogP contribution < -0.4 is 15.4 Å². The first-order valence-corrected chi connectivity index (χ1v) is 9.85. The number of hydrogen-bond acceptors (Lipinski definition) is 4. The highest BCUT2D eigenvalue weighted by Crippen LogP contribution is 2.33. The van der Waals surface area contributed by atoms with Crippen molar-refractivity contribution in [2.24, 2.45) is 5.41 Å².